The molecule has 3 fully saturated rings. The maximum atomic E-state index is 12.5. The van der Waals surface area contributed by atoms with Crippen molar-refractivity contribution in [2.45, 2.75) is 76.5 Å². The molecule has 4 nitrogen and oxygen atoms in total. The molecule has 2 heterocycles. The Kier molecular flexibility index (Phi) is 9.55. The van der Waals surface area contributed by atoms with Crippen molar-refractivity contribution in [2.75, 3.05) is 13.1 Å². The van der Waals surface area contributed by atoms with Crippen LogP contribution in [0.4, 0.5) is 0 Å². The molecule has 3 unspecified atom stereocenters. The van der Waals surface area contributed by atoms with E-state index in [1.165, 1.54) is 69.2 Å². The first-order chi connectivity index (χ1) is 12.8. The maximum absolute atomic E-state index is 12.5. The minimum atomic E-state index is 0. The average Bonchev–Trinajstić information content (AvgIpc) is 3.12. The van der Waals surface area contributed by atoms with Crippen LogP contribution in [0.5, 0.6) is 0 Å². The van der Waals surface area contributed by atoms with Crippen LogP contribution in [0, 0.1) is 5.92 Å². The number of piperidine rings is 1. The molecule has 0 bridgehead atoms. The molecule has 0 aromatic heterocycles. The van der Waals surface area contributed by atoms with E-state index in [0.717, 1.165) is 13.0 Å². The molecule has 1 aromatic carbocycles. The average molecular weight is 428 g/mol. The number of hydrogen-bond acceptors (Lipinski definition) is 3. The van der Waals surface area contributed by atoms with Gasteiger partial charge in [0.1, 0.15) is 0 Å². The number of nitrogens with one attached hydrogen (secondary N) is 2. The topological polar surface area (TPSA) is 44.4 Å². The van der Waals surface area contributed by atoms with E-state index in [-0.39, 0.29) is 36.8 Å². The van der Waals surface area contributed by atoms with Crippen molar-refractivity contribution in [1.82, 2.24) is 15.5 Å². The van der Waals surface area contributed by atoms with E-state index in [1.807, 2.05) is 0 Å². The predicted molar refractivity (Wildman–Crippen MR) is 119 cm³/mol. The standard InChI is InChI=1S/C22H33N3O.2ClH/c26-22(21-14-19-6-2-3-7-20(19)24-21)23-15-17-8-10-18(11-9-17)16-25-12-4-1-5-13-25;;/h8-11,19-21,24H,1-7,12-16H2,(H,23,26);2*1H. The summed E-state index contributed by atoms with van der Waals surface area (Å²) < 4.78 is 0. The predicted octanol–water partition coefficient (Wildman–Crippen LogP) is 4.05. The zero-order valence-corrected chi connectivity index (χ0v) is 18.3. The number of nitrogens with zero attached hydrogens (tertiary/aromatic N) is 1. The quantitative estimate of drug-likeness (QED) is 0.744. The van der Waals surface area contributed by atoms with Gasteiger partial charge in [-0.3, -0.25) is 9.69 Å². The van der Waals surface area contributed by atoms with Crippen molar-refractivity contribution in [1.29, 1.82) is 0 Å². The van der Waals surface area contributed by atoms with E-state index < -0.39 is 0 Å². The lowest BCUT2D eigenvalue weighted by Gasteiger charge is -2.26. The fourth-order valence-corrected chi connectivity index (χ4v) is 4.97. The minimum absolute atomic E-state index is 0. The highest BCUT2D eigenvalue weighted by Gasteiger charge is 2.37. The molecule has 2 aliphatic heterocycles. The molecular weight excluding hydrogens is 393 g/mol. The third kappa shape index (κ3) is 6.09. The van der Waals surface area contributed by atoms with Gasteiger partial charge in [-0.15, -0.1) is 24.8 Å². The number of hydrogen-bond donors (Lipinski definition) is 2. The van der Waals surface area contributed by atoms with Crippen LogP contribution in [-0.4, -0.2) is 36.0 Å². The van der Waals surface area contributed by atoms with E-state index in [4.69, 9.17) is 0 Å². The van der Waals surface area contributed by atoms with E-state index in [9.17, 15) is 4.79 Å². The summed E-state index contributed by atoms with van der Waals surface area (Å²) in [5.41, 5.74) is 2.57. The van der Waals surface area contributed by atoms with Gasteiger partial charge < -0.3 is 10.6 Å². The van der Waals surface area contributed by atoms with Crippen LogP contribution in [0.15, 0.2) is 24.3 Å². The van der Waals surface area contributed by atoms with Crippen molar-refractivity contribution in [3.05, 3.63) is 35.4 Å². The largest absolute Gasteiger partial charge is 0.351 e. The van der Waals surface area contributed by atoms with Crippen LogP contribution in [0.25, 0.3) is 0 Å². The lowest BCUT2D eigenvalue weighted by molar-refractivity contribution is -0.123. The van der Waals surface area contributed by atoms with Crippen molar-refractivity contribution >= 4 is 30.7 Å². The van der Waals surface area contributed by atoms with Crippen LogP contribution >= 0.6 is 24.8 Å². The van der Waals surface area contributed by atoms with Gasteiger partial charge >= 0.3 is 0 Å². The SMILES string of the molecule is Cl.Cl.O=C(NCc1ccc(CN2CCCCC2)cc1)C1CC2CCCCC2N1. The zero-order valence-electron chi connectivity index (χ0n) is 16.7. The normalized spacial score (nSPS) is 27.2. The number of amides is 1. The van der Waals surface area contributed by atoms with E-state index in [1.54, 1.807) is 0 Å². The number of rotatable bonds is 5. The highest BCUT2D eigenvalue weighted by atomic mass is 35.5. The third-order valence-corrected chi connectivity index (χ3v) is 6.52. The Morgan fingerprint density at radius 1 is 0.964 bits per heavy atom. The Labute approximate surface area is 182 Å². The molecule has 3 atom stereocenters. The molecule has 1 saturated carbocycles. The van der Waals surface area contributed by atoms with E-state index in [2.05, 4.69) is 39.8 Å². The first-order valence-corrected chi connectivity index (χ1v) is 10.6. The first-order valence-electron chi connectivity index (χ1n) is 10.6. The second-order valence-electron chi connectivity index (χ2n) is 8.48. The Bertz CT molecular complexity index is 590. The van der Waals surface area contributed by atoms with Crippen molar-refractivity contribution in [3.63, 3.8) is 0 Å². The maximum Gasteiger partial charge on any atom is 0.237 e. The molecule has 2 N–H and O–H groups in total. The monoisotopic (exact) mass is 427 g/mol. The summed E-state index contributed by atoms with van der Waals surface area (Å²) in [6, 6.07) is 9.37. The highest BCUT2D eigenvalue weighted by molar-refractivity contribution is 5.85. The summed E-state index contributed by atoms with van der Waals surface area (Å²) in [6.07, 6.45) is 10.2. The second-order valence-corrected chi connectivity index (χ2v) is 8.48. The molecule has 4 rings (SSSR count). The molecule has 0 spiro atoms. The van der Waals surface area contributed by atoms with Crippen molar-refractivity contribution in [2.24, 2.45) is 5.92 Å². The molecule has 28 heavy (non-hydrogen) atoms. The van der Waals surface area contributed by atoms with Crippen molar-refractivity contribution < 1.29 is 4.79 Å². The van der Waals surface area contributed by atoms with Crippen LogP contribution < -0.4 is 10.6 Å². The highest BCUT2D eigenvalue weighted by Crippen LogP contribution is 2.33. The van der Waals surface area contributed by atoms with Crippen LogP contribution in [0.1, 0.15) is 62.5 Å². The molecule has 158 valence electrons. The van der Waals surface area contributed by atoms with E-state index in [0.29, 0.717) is 18.5 Å². The molecule has 0 radical (unpaired) electrons. The van der Waals surface area contributed by atoms with Gasteiger partial charge in [-0.25, -0.2) is 0 Å². The minimum Gasteiger partial charge on any atom is -0.351 e. The van der Waals surface area contributed by atoms with Crippen LogP contribution in [-0.2, 0) is 17.9 Å². The lowest BCUT2D eigenvalue weighted by Crippen LogP contribution is -2.42. The third-order valence-electron chi connectivity index (χ3n) is 6.52. The van der Waals surface area contributed by atoms with Crippen LogP contribution in [0.3, 0.4) is 0 Å². The lowest BCUT2D eigenvalue weighted by atomic mass is 9.85. The smallest absolute Gasteiger partial charge is 0.237 e. The Morgan fingerprint density at radius 3 is 2.36 bits per heavy atom. The molecule has 1 aromatic rings. The zero-order chi connectivity index (χ0) is 17.8. The Hall–Kier alpha value is -0.810. The molecule has 2 saturated heterocycles. The number of carbonyl (C=O) groups is 1. The number of fused-ring (bicyclic) bond motifs is 1. The van der Waals surface area contributed by atoms with Gasteiger partial charge in [0.25, 0.3) is 0 Å². The molecule has 6 heteroatoms. The van der Waals surface area contributed by atoms with Gasteiger partial charge in [0.05, 0.1) is 6.04 Å². The molecular formula is C22H35Cl2N3O. The summed E-state index contributed by atoms with van der Waals surface area (Å²) in [4.78, 5) is 15.1. The molecule has 1 amide bonds. The van der Waals surface area contributed by atoms with Gasteiger partial charge in [0.2, 0.25) is 5.91 Å². The van der Waals surface area contributed by atoms with Gasteiger partial charge in [0, 0.05) is 19.1 Å². The number of likely N-dealkylation sites (tertiary alicyclic amines) is 1. The summed E-state index contributed by atoms with van der Waals surface area (Å²) in [6.45, 7) is 4.15. The Balaban J connectivity index is 0.00000140. The molecule has 3 aliphatic rings. The fraction of sp³-hybridized carbons (Fsp3) is 0.682. The summed E-state index contributed by atoms with van der Waals surface area (Å²) in [5, 5.41) is 6.71. The van der Waals surface area contributed by atoms with Crippen LogP contribution in [0.2, 0.25) is 0 Å². The summed E-state index contributed by atoms with van der Waals surface area (Å²) in [7, 11) is 0. The summed E-state index contributed by atoms with van der Waals surface area (Å²) >= 11 is 0. The van der Waals surface area contributed by atoms with Gasteiger partial charge in [-0.1, -0.05) is 43.5 Å². The molecule has 1 aliphatic carbocycles. The Morgan fingerprint density at radius 2 is 1.64 bits per heavy atom. The fourth-order valence-electron chi connectivity index (χ4n) is 4.97. The number of carbonyl (C=O) groups excluding carboxylic acids is 1. The van der Waals surface area contributed by atoms with Gasteiger partial charge in [-0.05, 0) is 62.2 Å². The second kappa shape index (κ2) is 11.4. The number of benzene rings is 1. The first kappa shape index (κ1) is 23.5. The summed E-state index contributed by atoms with van der Waals surface area (Å²) in [5.74, 6) is 0.894. The number of halogens is 2. The van der Waals surface area contributed by atoms with Gasteiger partial charge in [0.15, 0.2) is 0 Å². The van der Waals surface area contributed by atoms with E-state index >= 15 is 0 Å². The van der Waals surface area contributed by atoms with Gasteiger partial charge in [-0.2, -0.15) is 0 Å². The van der Waals surface area contributed by atoms with Crippen molar-refractivity contribution in [3.8, 4) is 0 Å².